The molecule has 4 rings (SSSR count). The lowest BCUT2D eigenvalue weighted by atomic mass is 9.83. The summed E-state index contributed by atoms with van der Waals surface area (Å²) in [5, 5.41) is 3.38. The van der Waals surface area contributed by atoms with E-state index < -0.39 is 0 Å². The second kappa shape index (κ2) is 12.1. The topological polar surface area (TPSA) is 54.0 Å². The van der Waals surface area contributed by atoms with Crippen LogP contribution in [0.4, 0.5) is 5.69 Å². The van der Waals surface area contributed by atoms with E-state index in [1.165, 1.54) is 38.6 Å². The Morgan fingerprint density at radius 1 is 1.19 bits per heavy atom. The summed E-state index contributed by atoms with van der Waals surface area (Å²) in [6.07, 6.45) is 7.28. The first-order valence-electron chi connectivity index (χ1n) is 12.2. The van der Waals surface area contributed by atoms with E-state index in [9.17, 15) is 4.79 Å². The van der Waals surface area contributed by atoms with Gasteiger partial charge in [0, 0.05) is 38.3 Å². The van der Waals surface area contributed by atoms with Crippen LogP contribution < -0.4 is 15.0 Å². The summed E-state index contributed by atoms with van der Waals surface area (Å²) in [7, 11) is 2.06. The maximum atomic E-state index is 13.1. The highest BCUT2D eigenvalue weighted by atomic mass is 35.5. The van der Waals surface area contributed by atoms with Crippen molar-refractivity contribution >= 4 is 24.0 Å². The van der Waals surface area contributed by atoms with Gasteiger partial charge in [-0.1, -0.05) is 12.8 Å². The normalized spacial score (nSPS) is 25.9. The van der Waals surface area contributed by atoms with Crippen LogP contribution in [0.2, 0.25) is 0 Å². The second-order valence-electron chi connectivity index (χ2n) is 9.50. The fraction of sp³-hybridized carbons (Fsp3) is 0.720. The first-order valence-corrected chi connectivity index (χ1v) is 12.2. The zero-order valence-electron chi connectivity index (χ0n) is 19.7. The molecule has 1 saturated carbocycles. The molecule has 0 aromatic heterocycles. The van der Waals surface area contributed by atoms with Crippen LogP contribution in [0.3, 0.4) is 0 Å². The molecule has 0 bridgehead atoms. The average molecular weight is 466 g/mol. The van der Waals surface area contributed by atoms with Crippen LogP contribution in [-0.4, -0.2) is 69.9 Å². The van der Waals surface area contributed by atoms with E-state index in [4.69, 9.17) is 9.47 Å². The van der Waals surface area contributed by atoms with Gasteiger partial charge in [0.1, 0.15) is 12.4 Å². The molecule has 2 fully saturated rings. The van der Waals surface area contributed by atoms with Crippen molar-refractivity contribution in [1.82, 2.24) is 10.2 Å². The third-order valence-electron chi connectivity index (χ3n) is 7.20. The number of likely N-dealkylation sites (tertiary alicyclic amines) is 1. The summed E-state index contributed by atoms with van der Waals surface area (Å²) in [6, 6.07) is 6.10. The lowest BCUT2D eigenvalue weighted by Crippen LogP contribution is -2.48. The molecule has 0 spiro atoms. The fourth-order valence-electron chi connectivity index (χ4n) is 5.44. The van der Waals surface area contributed by atoms with Gasteiger partial charge in [0.15, 0.2) is 0 Å². The Hall–Kier alpha value is -1.50. The molecule has 0 radical (unpaired) electrons. The van der Waals surface area contributed by atoms with Gasteiger partial charge in [0.05, 0.1) is 18.8 Å². The summed E-state index contributed by atoms with van der Waals surface area (Å²) in [4.78, 5) is 17.9. The predicted octanol–water partition coefficient (Wildman–Crippen LogP) is 3.97. The largest absolute Gasteiger partial charge is 0.490 e. The van der Waals surface area contributed by atoms with Crippen molar-refractivity contribution in [2.75, 3.05) is 57.9 Å². The molecule has 2 aliphatic heterocycles. The minimum absolute atomic E-state index is 0. The smallest absolute Gasteiger partial charge is 0.251 e. The Kier molecular flexibility index (Phi) is 9.50. The monoisotopic (exact) mass is 465 g/mol. The van der Waals surface area contributed by atoms with Gasteiger partial charge in [-0.25, -0.2) is 0 Å². The quantitative estimate of drug-likeness (QED) is 0.660. The Morgan fingerprint density at radius 3 is 2.88 bits per heavy atom. The number of hydrogen-bond donors (Lipinski definition) is 1. The number of ether oxygens (including phenoxy) is 2. The fourth-order valence-corrected chi connectivity index (χ4v) is 5.44. The van der Waals surface area contributed by atoms with E-state index in [2.05, 4.69) is 29.1 Å². The number of nitrogens with one attached hydrogen (secondary N) is 1. The molecule has 3 aliphatic rings. The molecule has 7 heteroatoms. The summed E-state index contributed by atoms with van der Waals surface area (Å²) in [6.45, 7) is 8.70. The number of likely N-dealkylation sites (N-methyl/N-ethyl adjacent to an activating group) is 1. The standard InChI is InChI=1S/C25H39N3O3.ClH/c1-3-30-18-19-7-6-12-28(16-19)17-21-8-4-5-9-22(21)26-25(29)20-10-11-23-24(15-20)31-14-13-27(23)2;/h10-11,15,19,21-22H,3-9,12-14,16-18H2,1-2H3,(H,26,29);1H/t19-,21-,22+;/m1./s1. The summed E-state index contributed by atoms with van der Waals surface area (Å²) >= 11 is 0. The number of carbonyl (C=O) groups is 1. The molecule has 1 aromatic rings. The van der Waals surface area contributed by atoms with Gasteiger partial charge in [-0.3, -0.25) is 4.79 Å². The number of carbonyl (C=O) groups excluding carboxylic acids is 1. The molecule has 3 atom stereocenters. The first-order chi connectivity index (χ1) is 15.1. The van der Waals surface area contributed by atoms with Crippen LogP contribution in [0, 0.1) is 11.8 Å². The van der Waals surface area contributed by atoms with Gasteiger partial charge >= 0.3 is 0 Å². The molecule has 32 heavy (non-hydrogen) atoms. The number of nitrogens with zero attached hydrogens (tertiary/aromatic N) is 2. The molecule has 1 amide bonds. The van der Waals surface area contributed by atoms with E-state index in [-0.39, 0.29) is 24.4 Å². The summed E-state index contributed by atoms with van der Waals surface area (Å²) in [5.74, 6) is 2.03. The van der Waals surface area contributed by atoms with Crippen molar-refractivity contribution in [2.24, 2.45) is 11.8 Å². The van der Waals surface area contributed by atoms with Crippen molar-refractivity contribution in [3.63, 3.8) is 0 Å². The molecule has 1 saturated heterocycles. The van der Waals surface area contributed by atoms with E-state index in [1.807, 2.05) is 18.2 Å². The van der Waals surface area contributed by atoms with Gasteiger partial charge in [0.25, 0.3) is 5.91 Å². The maximum absolute atomic E-state index is 13.1. The Balaban J connectivity index is 0.00000289. The van der Waals surface area contributed by atoms with Crippen LogP contribution >= 0.6 is 12.4 Å². The maximum Gasteiger partial charge on any atom is 0.251 e. The highest BCUT2D eigenvalue weighted by molar-refractivity contribution is 5.95. The van der Waals surface area contributed by atoms with Gasteiger partial charge in [0.2, 0.25) is 0 Å². The van der Waals surface area contributed by atoms with Crippen LogP contribution in [0.5, 0.6) is 5.75 Å². The summed E-state index contributed by atoms with van der Waals surface area (Å²) in [5.41, 5.74) is 1.76. The second-order valence-corrected chi connectivity index (χ2v) is 9.50. The van der Waals surface area contributed by atoms with E-state index in [0.29, 0.717) is 24.0 Å². The van der Waals surface area contributed by atoms with E-state index >= 15 is 0 Å². The zero-order chi connectivity index (χ0) is 21.6. The molecule has 1 aliphatic carbocycles. The molecular weight excluding hydrogens is 426 g/mol. The van der Waals surface area contributed by atoms with Crippen LogP contribution in [0.1, 0.15) is 55.8 Å². The average Bonchev–Trinajstić information content (AvgIpc) is 2.79. The third kappa shape index (κ3) is 6.30. The van der Waals surface area contributed by atoms with Crippen LogP contribution in [-0.2, 0) is 4.74 Å². The molecular formula is C25H40ClN3O3. The predicted molar refractivity (Wildman–Crippen MR) is 131 cm³/mol. The van der Waals surface area contributed by atoms with Crippen molar-refractivity contribution in [3.8, 4) is 5.75 Å². The van der Waals surface area contributed by atoms with Crippen molar-refractivity contribution < 1.29 is 14.3 Å². The number of anilines is 1. The SMILES string of the molecule is CCOC[C@@H]1CCCN(C[C@H]2CCCC[C@@H]2NC(=O)c2ccc3c(c2)OCCN3C)C1.Cl. The van der Waals surface area contributed by atoms with Gasteiger partial charge in [-0.2, -0.15) is 0 Å². The number of rotatable bonds is 7. The number of piperidine rings is 1. The highest BCUT2D eigenvalue weighted by Gasteiger charge is 2.30. The number of benzene rings is 1. The minimum Gasteiger partial charge on any atom is -0.490 e. The van der Waals surface area contributed by atoms with Gasteiger partial charge in [-0.15, -0.1) is 12.4 Å². The minimum atomic E-state index is 0. The number of halogens is 1. The Labute approximate surface area is 199 Å². The zero-order valence-corrected chi connectivity index (χ0v) is 20.5. The Bertz CT molecular complexity index is 747. The lowest BCUT2D eigenvalue weighted by Gasteiger charge is -2.39. The highest BCUT2D eigenvalue weighted by Crippen LogP contribution is 2.32. The summed E-state index contributed by atoms with van der Waals surface area (Å²) < 4.78 is 11.5. The van der Waals surface area contributed by atoms with E-state index in [1.54, 1.807) is 0 Å². The lowest BCUT2D eigenvalue weighted by molar-refractivity contribution is 0.0548. The van der Waals surface area contributed by atoms with Crippen LogP contribution in [0.15, 0.2) is 18.2 Å². The van der Waals surface area contributed by atoms with Crippen molar-refractivity contribution in [1.29, 1.82) is 0 Å². The van der Waals surface area contributed by atoms with Crippen LogP contribution in [0.25, 0.3) is 0 Å². The molecule has 180 valence electrons. The molecule has 2 heterocycles. The molecule has 1 aromatic carbocycles. The van der Waals surface area contributed by atoms with Gasteiger partial charge in [-0.05, 0) is 69.2 Å². The molecule has 1 N–H and O–H groups in total. The number of amides is 1. The first kappa shape index (κ1) is 25.1. The van der Waals surface area contributed by atoms with Crippen molar-refractivity contribution in [2.45, 2.75) is 51.5 Å². The van der Waals surface area contributed by atoms with Crippen molar-refractivity contribution in [3.05, 3.63) is 23.8 Å². The Morgan fingerprint density at radius 2 is 2.03 bits per heavy atom. The molecule has 6 nitrogen and oxygen atoms in total. The van der Waals surface area contributed by atoms with E-state index in [0.717, 1.165) is 50.7 Å². The number of hydrogen-bond acceptors (Lipinski definition) is 5. The third-order valence-corrected chi connectivity index (χ3v) is 7.20. The molecule has 0 unspecified atom stereocenters. The number of fused-ring (bicyclic) bond motifs is 1. The van der Waals surface area contributed by atoms with Gasteiger partial charge < -0.3 is 24.6 Å².